The van der Waals surface area contributed by atoms with Gasteiger partial charge in [-0.25, -0.2) is 0 Å². The van der Waals surface area contributed by atoms with E-state index in [0.717, 1.165) is 18.9 Å². The van der Waals surface area contributed by atoms with Gasteiger partial charge in [0.15, 0.2) is 0 Å². The molecule has 2 aliphatic rings. The largest absolute Gasteiger partial charge is 0.377 e. The quantitative estimate of drug-likeness (QED) is 0.773. The molecule has 0 amide bonds. The average Bonchev–Trinajstić information content (AvgIpc) is 2.26. The topological polar surface area (TPSA) is 44.5 Å². The summed E-state index contributed by atoms with van der Waals surface area (Å²) in [5.74, 6) is 0.785. The predicted molar refractivity (Wildman–Crippen MR) is 59.7 cm³/mol. The monoisotopic (exact) mass is 213 g/mol. The first-order valence-corrected chi connectivity index (χ1v) is 6.21. The molecule has 2 aliphatic carbocycles. The Hall–Kier alpha value is -0.120. The van der Waals surface area contributed by atoms with Gasteiger partial charge in [-0.3, -0.25) is 0 Å². The Morgan fingerprint density at radius 2 is 1.93 bits per heavy atom. The molecule has 3 nitrogen and oxygen atoms in total. The molecule has 2 rings (SSSR count). The molecule has 88 valence electrons. The van der Waals surface area contributed by atoms with Crippen molar-refractivity contribution in [1.82, 2.24) is 0 Å². The lowest BCUT2D eigenvalue weighted by Crippen LogP contribution is -2.58. The van der Waals surface area contributed by atoms with Gasteiger partial charge in [0, 0.05) is 19.8 Å². The molecule has 3 atom stereocenters. The van der Waals surface area contributed by atoms with E-state index in [1.807, 2.05) is 0 Å². The summed E-state index contributed by atoms with van der Waals surface area (Å²) >= 11 is 0. The number of rotatable bonds is 4. The van der Waals surface area contributed by atoms with Gasteiger partial charge in [0.1, 0.15) is 0 Å². The van der Waals surface area contributed by atoms with Crippen molar-refractivity contribution in [1.29, 1.82) is 0 Å². The van der Waals surface area contributed by atoms with E-state index < -0.39 is 0 Å². The summed E-state index contributed by atoms with van der Waals surface area (Å²) in [6.07, 6.45) is 8.21. The van der Waals surface area contributed by atoms with Crippen molar-refractivity contribution in [2.75, 3.05) is 13.7 Å². The molecule has 0 aromatic carbocycles. The Morgan fingerprint density at radius 3 is 2.53 bits per heavy atom. The summed E-state index contributed by atoms with van der Waals surface area (Å²) in [7, 11) is 1.72. The van der Waals surface area contributed by atoms with E-state index in [2.05, 4.69) is 0 Å². The zero-order valence-electron chi connectivity index (χ0n) is 9.65. The van der Waals surface area contributed by atoms with Crippen LogP contribution in [0.3, 0.4) is 0 Å². The minimum absolute atomic E-state index is 0.133. The molecule has 0 aromatic heterocycles. The number of hydrogen-bond acceptors (Lipinski definition) is 3. The first kappa shape index (κ1) is 11.4. The summed E-state index contributed by atoms with van der Waals surface area (Å²) in [6.45, 7) is 0.914. The lowest BCUT2D eigenvalue weighted by Gasteiger charge is -2.41. The molecular weight excluding hydrogens is 190 g/mol. The number of hydrogen-bond donors (Lipinski definition) is 1. The second kappa shape index (κ2) is 5.28. The van der Waals surface area contributed by atoms with Crippen molar-refractivity contribution in [3.8, 4) is 0 Å². The summed E-state index contributed by atoms with van der Waals surface area (Å²) in [5.41, 5.74) is 5.83. The van der Waals surface area contributed by atoms with Crippen molar-refractivity contribution in [3.05, 3.63) is 0 Å². The number of methoxy groups -OCH3 is 1. The number of ether oxygens (including phenoxy) is 2. The molecule has 0 saturated heterocycles. The molecule has 0 radical (unpaired) electrons. The van der Waals surface area contributed by atoms with Crippen LogP contribution in [0.4, 0.5) is 0 Å². The van der Waals surface area contributed by atoms with Gasteiger partial charge in [-0.1, -0.05) is 19.3 Å². The highest BCUT2D eigenvalue weighted by molar-refractivity contribution is 4.94. The SMILES string of the molecule is COC1C(N)CC1OCC1CCCCC1. The Balaban J connectivity index is 1.65. The van der Waals surface area contributed by atoms with Crippen LogP contribution in [0.15, 0.2) is 0 Å². The first-order valence-electron chi connectivity index (χ1n) is 6.21. The van der Waals surface area contributed by atoms with Crippen LogP contribution in [0.25, 0.3) is 0 Å². The molecule has 0 aromatic rings. The normalized spacial score (nSPS) is 37.6. The third kappa shape index (κ3) is 2.71. The van der Waals surface area contributed by atoms with Crippen LogP contribution >= 0.6 is 0 Å². The molecule has 3 heteroatoms. The fourth-order valence-electron chi connectivity index (χ4n) is 2.72. The second-order valence-electron chi connectivity index (χ2n) is 4.98. The van der Waals surface area contributed by atoms with Crippen molar-refractivity contribution >= 4 is 0 Å². The van der Waals surface area contributed by atoms with Crippen LogP contribution in [0.5, 0.6) is 0 Å². The Kier molecular flexibility index (Phi) is 4.00. The van der Waals surface area contributed by atoms with Crippen LogP contribution < -0.4 is 5.73 Å². The van der Waals surface area contributed by atoms with E-state index in [1.165, 1.54) is 32.1 Å². The molecule has 2 N–H and O–H groups in total. The molecule has 2 saturated carbocycles. The maximum atomic E-state index is 5.89. The average molecular weight is 213 g/mol. The zero-order valence-corrected chi connectivity index (χ0v) is 9.65. The Bertz CT molecular complexity index is 192. The molecule has 0 aliphatic heterocycles. The van der Waals surface area contributed by atoms with E-state index in [0.29, 0.717) is 0 Å². The zero-order chi connectivity index (χ0) is 10.7. The minimum atomic E-state index is 0.133. The van der Waals surface area contributed by atoms with Gasteiger partial charge in [0.25, 0.3) is 0 Å². The van der Waals surface area contributed by atoms with Crippen molar-refractivity contribution < 1.29 is 9.47 Å². The standard InChI is InChI=1S/C12H23NO2/c1-14-12-10(13)7-11(12)15-8-9-5-3-2-4-6-9/h9-12H,2-8,13H2,1H3. The smallest absolute Gasteiger partial charge is 0.0984 e. The summed E-state index contributed by atoms with van der Waals surface area (Å²) in [4.78, 5) is 0. The van der Waals surface area contributed by atoms with E-state index in [1.54, 1.807) is 7.11 Å². The van der Waals surface area contributed by atoms with E-state index in [-0.39, 0.29) is 18.2 Å². The molecular formula is C12H23NO2. The lowest BCUT2D eigenvalue weighted by molar-refractivity contribution is -0.133. The highest BCUT2D eigenvalue weighted by atomic mass is 16.5. The Labute approximate surface area is 92.3 Å². The molecule has 15 heavy (non-hydrogen) atoms. The molecule has 0 bridgehead atoms. The minimum Gasteiger partial charge on any atom is -0.377 e. The van der Waals surface area contributed by atoms with Crippen LogP contribution in [0.2, 0.25) is 0 Å². The molecule has 2 fully saturated rings. The second-order valence-corrected chi connectivity index (χ2v) is 4.98. The van der Waals surface area contributed by atoms with Crippen LogP contribution in [0.1, 0.15) is 38.5 Å². The molecule has 0 heterocycles. The third-order valence-corrected chi connectivity index (χ3v) is 3.84. The summed E-state index contributed by atoms with van der Waals surface area (Å²) in [5, 5.41) is 0. The maximum Gasteiger partial charge on any atom is 0.0984 e. The van der Waals surface area contributed by atoms with Gasteiger partial charge in [-0.2, -0.15) is 0 Å². The summed E-state index contributed by atoms with van der Waals surface area (Å²) in [6, 6.07) is 0.186. The van der Waals surface area contributed by atoms with E-state index >= 15 is 0 Å². The van der Waals surface area contributed by atoms with Crippen LogP contribution in [-0.2, 0) is 9.47 Å². The number of nitrogens with two attached hydrogens (primary N) is 1. The highest BCUT2D eigenvalue weighted by Crippen LogP contribution is 2.28. The first-order chi connectivity index (χ1) is 7.31. The molecule has 3 unspecified atom stereocenters. The van der Waals surface area contributed by atoms with Crippen molar-refractivity contribution in [2.24, 2.45) is 11.7 Å². The van der Waals surface area contributed by atoms with Gasteiger partial charge >= 0.3 is 0 Å². The maximum absolute atomic E-state index is 5.89. The predicted octanol–water partition coefficient (Wildman–Crippen LogP) is 1.70. The van der Waals surface area contributed by atoms with Crippen molar-refractivity contribution in [2.45, 2.75) is 56.8 Å². The highest BCUT2D eigenvalue weighted by Gasteiger charge is 2.40. The lowest BCUT2D eigenvalue weighted by atomic mass is 9.85. The van der Waals surface area contributed by atoms with Gasteiger partial charge in [-0.05, 0) is 25.2 Å². The van der Waals surface area contributed by atoms with Gasteiger partial charge in [-0.15, -0.1) is 0 Å². The van der Waals surface area contributed by atoms with E-state index in [9.17, 15) is 0 Å². The fraction of sp³-hybridized carbons (Fsp3) is 1.00. The molecule has 0 spiro atoms. The van der Waals surface area contributed by atoms with Gasteiger partial charge < -0.3 is 15.2 Å². The van der Waals surface area contributed by atoms with Crippen LogP contribution in [0, 0.1) is 5.92 Å². The summed E-state index contributed by atoms with van der Waals surface area (Å²) < 4.78 is 11.2. The van der Waals surface area contributed by atoms with Gasteiger partial charge in [0.05, 0.1) is 12.2 Å². The third-order valence-electron chi connectivity index (χ3n) is 3.84. The van der Waals surface area contributed by atoms with Crippen molar-refractivity contribution in [3.63, 3.8) is 0 Å². The van der Waals surface area contributed by atoms with Crippen LogP contribution in [-0.4, -0.2) is 32.0 Å². The van der Waals surface area contributed by atoms with E-state index in [4.69, 9.17) is 15.2 Å². The Morgan fingerprint density at radius 1 is 1.20 bits per heavy atom. The van der Waals surface area contributed by atoms with Gasteiger partial charge in [0.2, 0.25) is 0 Å². The fourth-order valence-corrected chi connectivity index (χ4v) is 2.72.